The largest absolute Gasteiger partial charge is 0.309 e. The van der Waals surface area contributed by atoms with Crippen LogP contribution in [0.4, 0.5) is 34.1 Å². The predicted octanol–water partition coefficient (Wildman–Crippen LogP) is 19.0. The lowest BCUT2D eigenvalue weighted by Gasteiger charge is -2.39. The monoisotopic (exact) mass is 1440 g/mol. The van der Waals surface area contributed by atoms with Gasteiger partial charge in [0.15, 0.2) is 0 Å². The molecule has 6 aliphatic rings. The molecule has 0 saturated carbocycles. The van der Waals surface area contributed by atoms with Crippen LogP contribution in [-0.2, 0) is 60.1 Å². The zero-order valence-corrected chi connectivity index (χ0v) is 60.6. The molecule has 12 bridgehead atoms. The molecule has 0 amide bonds. The summed E-state index contributed by atoms with van der Waals surface area (Å²) in [5.41, 5.74) is 36.9. The van der Waals surface area contributed by atoms with Crippen molar-refractivity contribution in [3.8, 4) is 11.4 Å². The molecule has 0 fully saturated rings. The van der Waals surface area contributed by atoms with Crippen molar-refractivity contribution >= 4 is 165 Å². The molecule has 16 aromatic rings. The Kier molecular flexibility index (Phi) is 16.2. The molecule has 512 valence electrons. The number of hydrogen-bond acceptors (Lipinski definition) is 6. The molecule has 22 rings (SSSR count). The second-order valence-electron chi connectivity index (χ2n) is 28.7. The fourth-order valence-corrected chi connectivity index (χ4v) is 22.4. The first-order chi connectivity index (χ1) is 51.2. The third kappa shape index (κ3) is 10.5. The number of hydrogen-bond donors (Lipinski definition) is 0. The molecular formula is C94H74B2N4O2S4. The third-order valence-corrected chi connectivity index (χ3v) is 26.8. The molecule has 12 heteroatoms. The maximum Gasteiger partial charge on any atom is 0.245 e. The summed E-state index contributed by atoms with van der Waals surface area (Å²) in [7, 11) is -2.64. The van der Waals surface area contributed by atoms with E-state index in [1.165, 1.54) is 130 Å². The number of rotatable bonds is 8. The van der Waals surface area contributed by atoms with Crippen LogP contribution in [0.1, 0.15) is 81.6 Å². The molecule has 0 radical (unpaired) electrons. The van der Waals surface area contributed by atoms with Gasteiger partial charge in [0.2, 0.25) is 13.4 Å². The van der Waals surface area contributed by atoms with E-state index in [1.807, 2.05) is 41.1 Å². The van der Waals surface area contributed by atoms with Crippen LogP contribution in [0.15, 0.2) is 301 Å². The Morgan fingerprint density at radius 2 is 0.736 bits per heavy atom. The summed E-state index contributed by atoms with van der Waals surface area (Å²) in [6.45, 7) is -0.163. The molecule has 14 aromatic carbocycles. The molecule has 8 heterocycles. The van der Waals surface area contributed by atoms with Crippen LogP contribution >= 0.6 is 22.7 Å². The highest BCUT2D eigenvalue weighted by atomic mass is 32.2. The average molecular weight is 1440 g/mol. The summed E-state index contributed by atoms with van der Waals surface area (Å²) >= 11 is 3.95. The van der Waals surface area contributed by atoms with Gasteiger partial charge in [-0.3, -0.25) is 8.42 Å². The molecule has 0 saturated heterocycles. The maximum absolute atomic E-state index is 14.7. The second kappa shape index (κ2) is 26.0. The lowest BCUT2D eigenvalue weighted by molar-refractivity contribution is 0.686. The molecule has 0 spiro atoms. The number of nitrogens with zero attached hydrogens (tertiary/aromatic N) is 4. The van der Waals surface area contributed by atoms with E-state index in [9.17, 15) is 8.42 Å². The van der Waals surface area contributed by atoms with Crippen molar-refractivity contribution in [3.63, 3.8) is 0 Å². The van der Waals surface area contributed by atoms with E-state index in [-0.39, 0.29) is 28.3 Å². The Hall–Kier alpha value is -10.9. The summed E-state index contributed by atoms with van der Waals surface area (Å²) in [5, 5.41) is 0. The van der Waals surface area contributed by atoms with Crippen molar-refractivity contribution in [1.29, 1.82) is 0 Å². The first-order valence-corrected chi connectivity index (χ1v) is 40.7. The van der Waals surface area contributed by atoms with Gasteiger partial charge in [-0.25, -0.2) is 0 Å². The molecule has 2 atom stereocenters. The standard InChI is InChI=1S/C47H37BN2O2S2.C45H29BN2S2.2CH4/c1-53(51)45-19-11-13-36-28-35-23-21-31-24-32-20-22-34-27-33-12-9-10-18-41(33)50(43(34)26-32)44-30-39(49(46(36)45)42(35)25-31)29-40(47(44)54(2)52)48(37-14-5-3-6-15-37)38-16-7-4-8-17-38;1-3-11-33(12-4-1)46(34-13-5-2-6-14-34)41-44-37-26-38-45(41)50-40-16-8-10-32-25-30-20-18-28(23-36(30)48(38)43(32)40)21-27-17-19-29-24-31-9-7-15-39(49-44)42(31)47(37)35(29)22-27;;/h3-23,25-26,29-30H,24,27-28H2,1-2H3;1-20,22-23,26H,21,24-25H2;2*1H4. The maximum atomic E-state index is 14.7. The van der Waals surface area contributed by atoms with Crippen LogP contribution in [-0.4, -0.2) is 43.5 Å². The van der Waals surface area contributed by atoms with Crippen LogP contribution < -0.4 is 42.6 Å². The van der Waals surface area contributed by atoms with Crippen LogP contribution in [0, 0.1) is 0 Å². The van der Waals surface area contributed by atoms with Crippen molar-refractivity contribution in [2.24, 2.45) is 0 Å². The highest BCUT2D eigenvalue weighted by Crippen LogP contribution is 2.53. The lowest BCUT2D eigenvalue weighted by atomic mass is 9.36. The van der Waals surface area contributed by atoms with E-state index in [1.54, 1.807) is 6.26 Å². The van der Waals surface area contributed by atoms with Gasteiger partial charge in [-0.15, -0.1) is 22.7 Å². The van der Waals surface area contributed by atoms with E-state index in [2.05, 4.69) is 298 Å². The molecule has 106 heavy (non-hydrogen) atoms. The molecule has 2 unspecified atom stereocenters. The normalized spacial score (nSPS) is 13.7. The molecule has 0 aliphatic carbocycles. The van der Waals surface area contributed by atoms with Crippen LogP contribution in [0.2, 0.25) is 0 Å². The van der Waals surface area contributed by atoms with Gasteiger partial charge >= 0.3 is 0 Å². The quantitative estimate of drug-likeness (QED) is 0.112. The van der Waals surface area contributed by atoms with Crippen molar-refractivity contribution in [3.05, 3.63) is 358 Å². The van der Waals surface area contributed by atoms with Crippen molar-refractivity contribution in [2.45, 2.75) is 63.2 Å². The summed E-state index contributed by atoms with van der Waals surface area (Å²) in [5.74, 6) is 0. The van der Waals surface area contributed by atoms with E-state index in [0.29, 0.717) is 0 Å². The minimum absolute atomic E-state index is 0. The Labute approximate surface area is 632 Å². The van der Waals surface area contributed by atoms with E-state index >= 15 is 0 Å². The van der Waals surface area contributed by atoms with Crippen LogP contribution in [0.5, 0.6) is 0 Å². The molecule has 2 aromatic heterocycles. The van der Waals surface area contributed by atoms with Gasteiger partial charge in [-0.05, 0) is 157 Å². The number of fused-ring (bicyclic) bond motifs is 12. The Morgan fingerprint density at radius 3 is 1.24 bits per heavy atom. The van der Waals surface area contributed by atoms with Gasteiger partial charge in [-0.2, -0.15) is 0 Å². The fourth-order valence-electron chi connectivity index (χ4n) is 18.1. The first-order valence-electron chi connectivity index (χ1n) is 35.9. The van der Waals surface area contributed by atoms with Gasteiger partial charge in [-0.1, -0.05) is 261 Å². The molecule has 6 aliphatic heterocycles. The highest BCUT2D eigenvalue weighted by Gasteiger charge is 2.38. The minimum atomic E-state index is -1.39. The molecule has 0 N–H and O–H groups in total. The average Bonchev–Trinajstić information content (AvgIpc) is 0.689. The van der Waals surface area contributed by atoms with Crippen molar-refractivity contribution in [2.75, 3.05) is 22.3 Å². The number of aromatic nitrogens is 2. The topological polar surface area (TPSA) is 50.5 Å². The van der Waals surface area contributed by atoms with Gasteiger partial charge in [0.1, 0.15) is 0 Å². The van der Waals surface area contributed by atoms with Gasteiger partial charge < -0.3 is 18.9 Å². The van der Waals surface area contributed by atoms with E-state index < -0.39 is 21.6 Å². The van der Waals surface area contributed by atoms with Crippen molar-refractivity contribution in [1.82, 2.24) is 9.13 Å². The van der Waals surface area contributed by atoms with Gasteiger partial charge in [0.05, 0.1) is 85.6 Å². The Balaban J connectivity index is 0.000000143. The summed E-state index contributed by atoms with van der Waals surface area (Å²) in [6.07, 6.45) is 8.76. The fraction of sp³-hybridized carbons (Fsp3) is 0.106. The smallest absolute Gasteiger partial charge is 0.245 e. The van der Waals surface area contributed by atoms with Crippen molar-refractivity contribution < 1.29 is 8.42 Å². The third-order valence-electron chi connectivity index (χ3n) is 22.5. The summed E-state index contributed by atoms with van der Waals surface area (Å²) in [4.78, 5) is 6.34. The number of benzene rings is 14. The first kappa shape index (κ1) is 65.9. The van der Waals surface area contributed by atoms with Gasteiger partial charge in [0.25, 0.3) is 0 Å². The van der Waals surface area contributed by atoms with Crippen LogP contribution in [0.3, 0.4) is 0 Å². The predicted molar refractivity (Wildman–Crippen MR) is 454 cm³/mol. The summed E-state index contributed by atoms with van der Waals surface area (Å²) in [6, 6.07) is 108. The Bertz CT molecular complexity index is 6180. The SMILES string of the molecule is C.C.CS(=O)c1cccc2c1N1c3cc(B(c4ccccc4)c4ccccc4)c(S(C)=O)c(c3)N3c4ccccc4Cc4ccc(cc43)Cc3ccc(c1c3)C2.c1ccc(B(c2ccccc2)c2c3sc4cccc5c4n4c3cc3c2sc2cccc6c2n3-c2cc(ccc2C6)Cc2ccc(c-4c2)C5)cc1. The second-order valence-corrected chi connectivity index (χ2v) is 33.4. The van der Waals surface area contributed by atoms with E-state index in [0.717, 1.165) is 104 Å². The zero-order valence-electron chi connectivity index (χ0n) is 57.3. The molecular weight excluding hydrogens is 1370 g/mol. The lowest BCUT2D eigenvalue weighted by Crippen LogP contribution is -2.53. The zero-order chi connectivity index (χ0) is 69.0. The van der Waals surface area contributed by atoms with Crippen LogP contribution in [0.25, 0.3) is 52.2 Å². The number of anilines is 6. The Morgan fingerprint density at radius 1 is 0.330 bits per heavy atom. The van der Waals surface area contributed by atoms with Gasteiger partial charge in [0, 0.05) is 70.3 Å². The number of para-hydroxylation sites is 4. The molecule has 6 nitrogen and oxygen atoms in total. The minimum Gasteiger partial charge on any atom is -0.309 e. The highest BCUT2D eigenvalue weighted by molar-refractivity contribution is 7.85. The van der Waals surface area contributed by atoms with E-state index in [4.69, 9.17) is 0 Å². The summed E-state index contributed by atoms with van der Waals surface area (Å²) < 4.78 is 39.0.